The molecule has 28 heavy (non-hydrogen) atoms. The van der Waals surface area contributed by atoms with Crippen molar-refractivity contribution in [3.8, 4) is 11.3 Å². The van der Waals surface area contributed by atoms with Crippen molar-refractivity contribution in [1.29, 1.82) is 0 Å². The number of benzene rings is 1. The molecule has 0 saturated carbocycles. The van der Waals surface area contributed by atoms with Gasteiger partial charge < -0.3 is 14.6 Å². The second kappa shape index (κ2) is 7.18. The van der Waals surface area contributed by atoms with Crippen molar-refractivity contribution < 1.29 is 9.90 Å². The molecule has 4 heterocycles. The molecule has 2 aromatic heterocycles. The Balaban J connectivity index is 1.25. The molecule has 3 aromatic rings. The second-order valence-corrected chi connectivity index (χ2v) is 8.65. The molecular formula is C22H23N3O2S. The van der Waals surface area contributed by atoms with Crippen molar-refractivity contribution >= 4 is 17.2 Å². The molecule has 2 unspecified atom stereocenters. The van der Waals surface area contributed by atoms with Crippen LogP contribution in [0.5, 0.6) is 0 Å². The summed E-state index contributed by atoms with van der Waals surface area (Å²) in [6, 6.07) is 12.3. The highest BCUT2D eigenvalue weighted by molar-refractivity contribution is 7.12. The first-order valence-corrected chi connectivity index (χ1v) is 10.7. The van der Waals surface area contributed by atoms with Crippen LogP contribution in [0.25, 0.3) is 11.3 Å². The third-order valence-corrected chi connectivity index (χ3v) is 7.02. The predicted molar refractivity (Wildman–Crippen MR) is 109 cm³/mol. The van der Waals surface area contributed by atoms with E-state index in [0.717, 1.165) is 36.5 Å². The van der Waals surface area contributed by atoms with Gasteiger partial charge in [0, 0.05) is 18.7 Å². The third-order valence-electron chi connectivity index (χ3n) is 6.17. The lowest BCUT2D eigenvalue weighted by Gasteiger charge is -2.35. The number of imidazole rings is 1. The van der Waals surface area contributed by atoms with Gasteiger partial charge in [0.1, 0.15) is 0 Å². The number of aliphatic hydroxyl groups excluding tert-OH is 1. The van der Waals surface area contributed by atoms with E-state index in [-0.39, 0.29) is 24.0 Å². The quantitative estimate of drug-likeness (QED) is 0.733. The van der Waals surface area contributed by atoms with Crippen LogP contribution in [0.1, 0.15) is 40.5 Å². The molecule has 1 saturated heterocycles. The predicted octanol–water partition coefficient (Wildman–Crippen LogP) is 3.82. The Morgan fingerprint density at radius 2 is 2.04 bits per heavy atom. The number of hydrogen-bond acceptors (Lipinski definition) is 4. The Labute approximate surface area is 168 Å². The topological polar surface area (TPSA) is 58.4 Å². The molecular weight excluding hydrogens is 370 g/mol. The van der Waals surface area contributed by atoms with E-state index in [9.17, 15) is 9.90 Å². The maximum Gasteiger partial charge on any atom is 0.263 e. The van der Waals surface area contributed by atoms with Crippen LogP contribution < -0.4 is 0 Å². The van der Waals surface area contributed by atoms with Gasteiger partial charge >= 0.3 is 0 Å². The average Bonchev–Trinajstić information content (AvgIpc) is 3.47. The normalized spacial score (nSPS) is 20.0. The summed E-state index contributed by atoms with van der Waals surface area (Å²) in [6.07, 6.45) is 5.77. The van der Waals surface area contributed by atoms with Gasteiger partial charge in [-0.05, 0) is 42.2 Å². The lowest BCUT2D eigenvalue weighted by Crippen LogP contribution is -2.41. The minimum absolute atomic E-state index is 0.121. The van der Waals surface area contributed by atoms with Gasteiger partial charge in [0.2, 0.25) is 0 Å². The number of thiophene rings is 1. The molecule has 1 fully saturated rings. The lowest BCUT2D eigenvalue weighted by molar-refractivity contribution is 0.0399. The Hall–Kier alpha value is -2.44. The van der Waals surface area contributed by atoms with Crippen molar-refractivity contribution in [2.75, 3.05) is 13.1 Å². The van der Waals surface area contributed by atoms with E-state index in [2.05, 4.69) is 33.8 Å². The minimum Gasteiger partial charge on any atom is -0.393 e. The van der Waals surface area contributed by atoms with Gasteiger partial charge in [-0.25, -0.2) is 4.98 Å². The molecule has 1 aromatic carbocycles. The van der Waals surface area contributed by atoms with Crippen molar-refractivity contribution in [1.82, 2.24) is 14.5 Å². The summed E-state index contributed by atoms with van der Waals surface area (Å²) in [4.78, 5) is 19.6. The maximum atomic E-state index is 12.5. The summed E-state index contributed by atoms with van der Waals surface area (Å²) in [5, 5.41) is 12.9. The lowest BCUT2D eigenvalue weighted by atomic mass is 9.86. The molecule has 2 aliphatic heterocycles. The number of nitrogens with zero attached hydrogens (tertiary/aromatic N) is 3. The molecule has 0 bridgehead atoms. The average molecular weight is 394 g/mol. The van der Waals surface area contributed by atoms with Gasteiger partial charge in [-0.3, -0.25) is 4.79 Å². The SMILES string of the molecule is O=C(c1cccs1)N1CCC(C(O)CC2c3ccccc3-c3cncn32)CC1. The zero-order valence-corrected chi connectivity index (χ0v) is 16.4. The zero-order valence-electron chi connectivity index (χ0n) is 15.6. The fraction of sp³-hybridized carbons (Fsp3) is 0.364. The molecule has 5 rings (SSSR count). The number of rotatable bonds is 4. The molecule has 0 aliphatic carbocycles. The van der Waals surface area contributed by atoms with E-state index in [1.807, 2.05) is 34.9 Å². The first-order chi connectivity index (χ1) is 13.7. The number of fused-ring (bicyclic) bond motifs is 3. The number of carbonyl (C=O) groups is 1. The van der Waals surface area contributed by atoms with Gasteiger partial charge in [-0.2, -0.15) is 0 Å². The smallest absolute Gasteiger partial charge is 0.263 e. The molecule has 2 atom stereocenters. The standard InChI is InChI=1S/C22H23N3O2S/c26-20(15-7-9-24(10-8-15)22(27)21-6-3-11-28-21)12-18-16-4-1-2-5-17(16)19-13-23-14-25(18)19/h1-6,11,13-15,18,20,26H,7-10,12H2. The molecule has 0 spiro atoms. The van der Waals surface area contributed by atoms with Crippen LogP contribution in [0.15, 0.2) is 54.3 Å². The Kier molecular flexibility index (Phi) is 4.53. The maximum absolute atomic E-state index is 12.5. The van der Waals surface area contributed by atoms with Crippen LogP contribution in [0.2, 0.25) is 0 Å². The number of hydrogen-bond donors (Lipinski definition) is 1. The largest absolute Gasteiger partial charge is 0.393 e. The van der Waals surface area contributed by atoms with Crippen LogP contribution in [-0.2, 0) is 0 Å². The number of piperidine rings is 1. The number of carbonyl (C=O) groups excluding carboxylic acids is 1. The molecule has 1 amide bonds. The highest BCUT2D eigenvalue weighted by atomic mass is 32.1. The Bertz CT molecular complexity index is 973. The fourth-order valence-electron chi connectivity index (χ4n) is 4.64. The number of amides is 1. The van der Waals surface area contributed by atoms with E-state index >= 15 is 0 Å². The molecule has 6 heteroatoms. The summed E-state index contributed by atoms with van der Waals surface area (Å²) in [7, 11) is 0. The molecule has 5 nitrogen and oxygen atoms in total. The Morgan fingerprint density at radius 3 is 2.82 bits per heavy atom. The zero-order chi connectivity index (χ0) is 19.1. The van der Waals surface area contributed by atoms with Crippen molar-refractivity contribution in [2.24, 2.45) is 5.92 Å². The first-order valence-electron chi connectivity index (χ1n) is 9.84. The van der Waals surface area contributed by atoms with E-state index in [4.69, 9.17) is 0 Å². The second-order valence-electron chi connectivity index (χ2n) is 7.70. The molecule has 2 aliphatic rings. The summed E-state index contributed by atoms with van der Waals surface area (Å²) in [5.74, 6) is 0.350. The third kappa shape index (κ3) is 2.97. The van der Waals surface area contributed by atoms with E-state index in [1.165, 1.54) is 22.5 Å². The van der Waals surface area contributed by atoms with Crippen LogP contribution in [-0.4, -0.2) is 44.7 Å². The summed E-state index contributed by atoms with van der Waals surface area (Å²) in [5.41, 5.74) is 3.61. The van der Waals surface area contributed by atoms with Crippen molar-refractivity contribution in [2.45, 2.75) is 31.4 Å². The summed E-state index contributed by atoms with van der Waals surface area (Å²) in [6.45, 7) is 1.44. The molecule has 1 N–H and O–H groups in total. The van der Waals surface area contributed by atoms with E-state index < -0.39 is 0 Å². The van der Waals surface area contributed by atoms with Gasteiger partial charge in [0.05, 0.1) is 35.2 Å². The van der Waals surface area contributed by atoms with Gasteiger partial charge in [-0.1, -0.05) is 30.3 Å². The van der Waals surface area contributed by atoms with Crippen LogP contribution in [0, 0.1) is 5.92 Å². The minimum atomic E-state index is -0.384. The highest BCUT2D eigenvalue weighted by Gasteiger charge is 2.34. The van der Waals surface area contributed by atoms with Crippen LogP contribution in [0.4, 0.5) is 0 Å². The number of aliphatic hydroxyl groups is 1. The highest BCUT2D eigenvalue weighted by Crippen LogP contribution is 2.42. The van der Waals surface area contributed by atoms with Gasteiger partial charge in [0.25, 0.3) is 5.91 Å². The number of aromatic nitrogens is 2. The number of likely N-dealkylation sites (tertiary alicyclic amines) is 1. The Morgan fingerprint density at radius 1 is 1.21 bits per heavy atom. The van der Waals surface area contributed by atoms with E-state index in [1.54, 1.807) is 0 Å². The van der Waals surface area contributed by atoms with Crippen LogP contribution >= 0.6 is 11.3 Å². The van der Waals surface area contributed by atoms with Crippen molar-refractivity contribution in [3.63, 3.8) is 0 Å². The van der Waals surface area contributed by atoms with Gasteiger partial charge in [0.15, 0.2) is 0 Å². The van der Waals surface area contributed by atoms with Gasteiger partial charge in [-0.15, -0.1) is 11.3 Å². The first kappa shape index (κ1) is 17.6. The summed E-state index contributed by atoms with van der Waals surface area (Å²) >= 11 is 1.49. The van der Waals surface area contributed by atoms with E-state index in [0.29, 0.717) is 6.42 Å². The van der Waals surface area contributed by atoms with Crippen molar-refractivity contribution in [3.05, 3.63) is 64.7 Å². The molecule has 144 valence electrons. The fourth-order valence-corrected chi connectivity index (χ4v) is 5.33. The summed E-state index contributed by atoms with van der Waals surface area (Å²) < 4.78 is 2.18. The molecule has 0 radical (unpaired) electrons. The van der Waals surface area contributed by atoms with Crippen LogP contribution in [0.3, 0.4) is 0 Å². The monoisotopic (exact) mass is 393 g/mol.